The molecule has 0 aliphatic carbocycles. The van der Waals surface area contributed by atoms with Gasteiger partial charge in [0.1, 0.15) is 0 Å². The van der Waals surface area contributed by atoms with Crippen LogP contribution in [0.25, 0.3) is 0 Å². The van der Waals surface area contributed by atoms with Crippen molar-refractivity contribution < 1.29 is 9.59 Å². The van der Waals surface area contributed by atoms with Gasteiger partial charge in [-0.1, -0.05) is 18.2 Å². The maximum atomic E-state index is 12.6. The quantitative estimate of drug-likeness (QED) is 0.882. The normalized spacial score (nSPS) is 19.9. The number of likely N-dealkylation sites (N-methyl/N-ethyl adjacent to an activating group) is 1. The van der Waals surface area contributed by atoms with E-state index >= 15 is 0 Å². The van der Waals surface area contributed by atoms with E-state index in [2.05, 4.69) is 11.4 Å². The molecule has 132 valence electrons. The second kappa shape index (κ2) is 8.49. The summed E-state index contributed by atoms with van der Waals surface area (Å²) in [6, 6.07) is 8.31. The van der Waals surface area contributed by atoms with Crippen molar-refractivity contribution in [3.8, 4) is 0 Å². The minimum absolute atomic E-state index is 0. The summed E-state index contributed by atoms with van der Waals surface area (Å²) >= 11 is 0. The zero-order valence-electron chi connectivity index (χ0n) is 14.2. The summed E-state index contributed by atoms with van der Waals surface area (Å²) in [7, 11) is 1.92. The van der Waals surface area contributed by atoms with Gasteiger partial charge in [-0.2, -0.15) is 0 Å². The standard InChI is InChI=1S/C18H25N3O2.ClH/c1-19-13-15-6-4-11-20(15)18(23)10-12-21-16-7-3-2-5-14(16)8-9-17(21)22;/h2-3,5,7,15,19H,4,6,8-13H2,1H3;1H. The molecule has 1 fully saturated rings. The fraction of sp³-hybridized carbons (Fsp3) is 0.556. The summed E-state index contributed by atoms with van der Waals surface area (Å²) in [5.41, 5.74) is 2.18. The molecule has 1 aromatic carbocycles. The first-order valence-corrected chi connectivity index (χ1v) is 8.53. The van der Waals surface area contributed by atoms with Crippen molar-refractivity contribution in [2.45, 2.75) is 38.1 Å². The molecule has 6 heteroatoms. The van der Waals surface area contributed by atoms with Crippen LogP contribution >= 0.6 is 12.4 Å². The van der Waals surface area contributed by atoms with Crippen LogP contribution in [0.15, 0.2) is 24.3 Å². The first-order chi connectivity index (χ1) is 11.2. The lowest BCUT2D eigenvalue weighted by Gasteiger charge is -2.30. The minimum Gasteiger partial charge on any atom is -0.338 e. The highest BCUT2D eigenvalue weighted by molar-refractivity contribution is 5.97. The second-order valence-electron chi connectivity index (χ2n) is 6.36. The molecule has 0 radical (unpaired) electrons. The van der Waals surface area contributed by atoms with Gasteiger partial charge in [-0.3, -0.25) is 9.59 Å². The molecule has 1 unspecified atom stereocenters. The third kappa shape index (κ3) is 3.90. The molecule has 0 spiro atoms. The molecular weight excluding hydrogens is 326 g/mol. The molecule has 1 aromatic rings. The molecule has 2 amide bonds. The predicted octanol–water partition coefficient (Wildman–Crippen LogP) is 1.99. The highest BCUT2D eigenvalue weighted by atomic mass is 35.5. The zero-order valence-corrected chi connectivity index (χ0v) is 15.0. The van der Waals surface area contributed by atoms with E-state index in [4.69, 9.17) is 0 Å². The fourth-order valence-electron chi connectivity index (χ4n) is 3.70. The van der Waals surface area contributed by atoms with Crippen molar-refractivity contribution in [3.05, 3.63) is 29.8 Å². The topological polar surface area (TPSA) is 52.7 Å². The summed E-state index contributed by atoms with van der Waals surface area (Å²) in [5, 5.41) is 3.16. The van der Waals surface area contributed by atoms with Crippen LogP contribution in [-0.4, -0.2) is 49.4 Å². The molecule has 1 saturated heterocycles. The highest BCUT2D eigenvalue weighted by Crippen LogP contribution is 2.28. The molecular formula is C18H26ClN3O2. The summed E-state index contributed by atoms with van der Waals surface area (Å²) < 4.78 is 0. The number of aryl methyl sites for hydroxylation is 1. The van der Waals surface area contributed by atoms with Gasteiger partial charge in [-0.05, 0) is 37.9 Å². The SMILES string of the molecule is CNCC1CCCN1C(=O)CCN1C(=O)CCc2ccccc21.Cl. The van der Waals surface area contributed by atoms with Crippen molar-refractivity contribution in [3.63, 3.8) is 0 Å². The van der Waals surface area contributed by atoms with E-state index in [1.165, 1.54) is 5.56 Å². The van der Waals surface area contributed by atoms with Gasteiger partial charge < -0.3 is 15.1 Å². The van der Waals surface area contributed by atoms with Crippen LogP contribution in [0, 0.1) is 0 Å². The van der Waals surface area contributed by atoms with E-state index in [0.717, 1.165) is 38.0 Å². The lowest BCUT2D eigenvalue weighted by molar-refractivity contribution is -0.131. The van der Waals surface area contributed by atoms with Crippen LogP contribution < -0.4 is 10.2 Å². The number of fused-ring (bicyclic) bond motifs is 1. The number of benzene rings is 1. The molecule has 1 N–H and O–H groups in total. The number of carbonyl (C=O) groups is 2. The van der Waals surface area contributed by atoms with Crippen LogP contribution in [0.1, 0.15) is 31.2 Å². The van der Waals surface area contributed by atoms with Gasteiger partial charge >= 0.3 is 0 Å². The number of likely N-dealkylation sites (tertiary alicyclic amines) is 1. The molecule has 1 atom stereocenters. The van der Waals surface area contributed by atoms with Crippen LogP contribution in [0.3, 0.4) is 0 Å². The van der Waals surface area contributed by atoms with Crippen molar-refractivity contribution in [1.82, 2.24) is 10.2 Å². The largest absolute Gasteiger partial charge is 0.338 e. The molecule has 0 aromatic heterocycles. The van der Waals surface area contributed by atoms with E-state index in [1.54, 1.807) is 4.90 Å². The smallest absolute Gasteiger partial charge is 0.227 e. The van der Waals surface area contributed by atoms with Gasteiger partial charge in [0.05, 0.1) is 0 Å². The molecule has 2 aliphatic rings. The van der Waals surface area contributed by atoms with E-state index in [-0.39, 0.29) is 24.2 Å². The van der Waals surface area contributed by atoms with E-state index in [1.807, 2.05) is 30.1 Å². The number of hydrogen-bond acceptors (Lipinski definition) is 3. The van der Waals surface area contributed by atoms with Gasteiger partial charge in [0.25, 0.3) is 0 Å². The summed E-state index contributed by atoms with van der Waals surface area (Å²) in [4.78, 5) is 28.6. The zero-order chi connectivity index (χ0) is 16.2. The lowest BCUT2D eigenvalue weighted by atomic mass is 10.0. The third-order valence-electron chi connectivity index (χ3n) is 4.88. The second-order valence-corrected chi connectivity index (χ2v) is 6.36. The van der Waals surface area contributed by atoms with Gasteiger partial charge in [0, 0.05) is 44.2 Å². The van der Waals surface area contributed by atoms with Gasteiger partial charge in [-0.25, -0.2) is 0 Å². The number of rotatable bonds is 5. The Morgan fingerprint density at radius 3 is 2.88 bits per heavy atom. The highest BCUT2D eigenvalue weighted by Gasteiger charge is 2.29. The Hall–Kier alpha value is -1.59. The van der Waals surface area contributed by atoms with Crippen LogP contribution in [-0.2, 0) is 16.0 Å². The van der Waals surface area contributed by atoms with Gasteiger partial charge in [-0.15, -0.1) is 12.4 Å². The van der Waals surface area contributed by atoms with Crippen LogP contribution in [0.4, 0.5) is 5.69 Å². The van der Waals surface area contributed by atoms with Crippen LogP contribution in [0.5, 0.6) is 0 Å². The number of nitrogens with zero attached hydrogens (tertiary/aromatic N) is 2. The molecule has 2 heterocycles. The molecule has 5 nitrogen and oxygen atoms in total. The van der Waals surface area contributed by atoms with Gasteiger partial charge in [0.2, 0.25) is 11.8 Å². The Morgan fingerprint density at radius 1 is 1.29 bits per heavy atom. The first-order valence-electron chi connectivity index (χ1n) is 8.53. The number of nitrogens with one attached hydrogen (secondary N) is 1. The number of hydrogen-bond donors (Lipinski definition) is 1. The lowest BCUT2D eigenvalue weighted by Crippen LogP contribution is -2.43. The van der Waals surface area contributed by atoms with E-state index < -0.39 is 0 Å². The Kier molecular flexibility index (Phi) is 6.63. The minimum atomic E-state index is 0. The number of carbonyl (C=O) groups excluding carboxylic acids is 2. The molecule has 2 aliphatic heterocycles. The van der Waals surface area contributed by atoms with Crippen molar-refractivity contribution >= 4 is 29.9 Å². The number of amides is 2. The maximum Gasteiger partial charge on any atom is 0.227 e. The summed E-state index contributed by atoms with van der Waals surface area (Å²) in [6.45, 7) is 2.17. The average molecular weight is 352 g/mol. The third-order valence-corrected chi connectivity index (χ3v) is 4.88. The predicted molar refractivity (Wildman–Crippen MR) is 97.6 cm³/mol. The summed E-state index contributed by atoms with van der Waals surface area (Å²) in [5.74, 6) is 0.295. The van der Waals surface area contributed by atoms with Crippen molar-refractivity contribution in [1.29, 1.82) is 0 Å². The summed E-state index contributed by atoms with van der Waals surface area (Å²) in [6.07, 6.45) is 3.88. The molecule has 3 rings (SSSR count). The maximum absolute atomic E-state index is 12.6. The number of para-hydroxylation sites is 1. The monoisotopic (exact) mass is 351 g/mol. The number of halogens is 1. The van der Waals surface area contributed by atoms with Crippen molar-refractivity contribution in [2.24, 2.45) is 0 Å². The molecule has 0 saturated carbocycles. The molecule has 0 bridgehead atoms. The van der Waals surface area contributed by atoms with E-state index in [9.17, 15) is 9.59 Å². The van der Waals surface area contributed by atoms with Crippen LogP contribution in [0.2, 0.25) is 0 Å². The average Bonchev–Trinajstić information content (AvgIpc) is 3.02. The Labute approximate surface area is 149 Å². The number of anilines is 1. The first kappa shape index (κ1) is 18.7. The Morgan fingerprint density at radius 2 is 2.08 bits per heavy atom. The fourth-order valence-corrected chi connectivity index (χ4v) is 3.70. The van der Waals surface area contributed by atoms with Gasteiger partial charge in [0.15, 0.2) is 0 Å². The Balaban J connectivity index is 0.00000208. The van der Waals surface area contributed by atoms with Crippen molar-refractivity contribution in [2.75, 3.05) is 31.6 Å². The molecule has 24 heavy (non-hydrogen) atoms. The Bertz CT molecular complexity index is 593. The van der Waals surface area contributed by atoms with E-state index in [0.29, 0.717) is 25.4 Å².